The molecule has 2 bridgehead atoms. The molecule has 0 saturated carbocycles. The van der Waals surface area contributed by atoms with Crippen LogP contribution in [0.4, 0.5) is 32.2 Å². The van der Waals surface area contributed by atoms with Gasteiger partial charge in [-0.15, -0.1) is 11.3 Å². The number of β-amino-alcohol motifs (C(OH)–C–C–N with tert-alkyl or cyclic N) is 1. The highest BCUT2D eigenvalue weighted by Gasteiger charge is 2.54. The van der Waals surface area contributed by atoms with E-state index in [2.05, 4.69) is 35.9 Å². The number of hydrogen-bond donors (Lipinski definition) is 5. The number of phenols is 1. The van der Waals surface area contributed by atoms with Gasteiger partial charge in [0.1, 0.15) is 41.5 Å². The second kappa shape index (κ2) is 22.1. The number of aliphatic hydroxyl groups is 1. The number of rotatable bonds is 16. The van der Waals surface area contributed by atoms with Crippen LogP contribution in [0.3, 0.4) is 0 Å². The van der Waals surface area contributed by atoms with Crippen LogP contribution in [-0.4, -0.2) is 139 Å². The number of thiazole rings is 1. The first-order valence-corrected chi connectivity index (χ1v) is 27.4. The van der Waals surface area contributed by atoms with Gasteiger partial charge in [0.15, 0.2) is 17.5 Å². The van der Waals surface area contributed by atoms with Gasteiger partial charge in [-0.2, -0.15) is 23.1 Å². The number of benzene rings is 3. The highest BCUT2D eigenvalue weighted by atomic mass is 32.1. The first kappa shape index (κ1) is 55.6. The number of aliphatic hydroxyl groups excluding tert-OH is 1. The molecule has 4 aliphatic heterocycles. The van der Waals surface area contributed by atoms with Crippen molar-refractivity contribution in [2.75, 3.05) is 44.2 Å². The molecule has 16 nitrogen and oxygen atoms in total. The zero-order valence-corrected chi connectivity index (χ0v) is 45.0. The Bertz CT molecular complexity index is 3280. The van der Waals surface area contributed by atoms with Crippen LogP contribution in [0.25, 0.3) is 43.4 Å². The number of phenolic OH excluding ortho intramolecular Hbond substituents is 1. The standard InChI is InChI=1S/C56H62F6N10O6S/c1-28(30-9-11-31(12-10-30)49-29(2)64-27-79-49)65-52(76)41-20-36(74)24-72(41)53(77)50(55(3,4)5)67-43(75)8-6-7-17-70-25-39(56(60,61)62)42(70)26-78-54-68-48-38(51(69-54)71-22-33-14-15-34(23-71)66-33)21-63-47(46(48)59)37-19-35(73)18-32-13-16-40(57)45(58)44(32)37/h9-13,16,18-19,21,27-28,33-34,36,39,41-42,50,66,73-74H,6-8,14-15,17,20,22-26H2,1-5H3,(H,65,76)(H,67,75)/t28-,33?,34?,36+,39+,41-,42+,50+/m0/s1. The van der Waals surface area contributed by atoms with E-state index in [1.165, 1.54) is 34.6 Å². The van der Waals surface area contributed by atoms with Crippen molar-refractivity contribution in [3.8, 4) is 33.5 Å². The van der Waals surface area contributed by atoms with Gasteiger partial charge in [0.25, 0.3) is 0 Å². The van der Waals surface area contributed by atoms with Crippen molar-refractivity contribution >= 4 is 56.6 Å². The average molecular weight is 1120 g/mol. The maximum absolute atomic E-state index is 17.0. The Morgan fingerprint density at radius 3 is 2.34 bits per heavy atom. The SMILES string of the molecule is Cc1ncsc1-c1ccc([C@H](C)NC(=O)[C@@H]2C[C@@H](O)CN2C(=O)[C@@H](NC(=O)CCCCN2C[C@@H](C(F)(F)F)[C@H]2COc2nc(N3CC4CCC(C3)N4)c3cnc(-c4cc(O)cc5ccc(F)c(F)c45)c(F)c3n2)C(C)(C)C)cc1. The summed E-state index contributed by atoms with van der Waals surface area (Å²) < 4.78 is 96.4. The first-order valence-electron chi connectivity index (χ1n) is 26.5. The van der Waals surface area contributed by atoms with E-state index in [0.29, 0.717) is 19.5 Å². The van der Waals surface area contributed by atoms with Crippen molar-refractivity contribution in [1.82, 2.24) is 45.7 Å². The number of pyridine rings is 1. The minimum Gasteiger partial charge on any atom is -0.508 e. The lowest BCUT2D eigenvalue weighted by Gasteiger charge is -2.48. The van der Waals surface area contributed by atoms with Gasteiger partial charge >= 0.3 is 12.2 Å². The van der Waals surface area contributed by atoms with E-state index in [1.807, 2.05) is 43.0 Å². The smallest absolute Gasteiger partial charge is 0.394 e. The molecule has 8 atom stereocenters. The second-order valence-electron chi connectivity index (χ2n) is 22.4. The van der Waals surface area contributed by atoms with Crippen LogP contribution in [0.5, 0.6) is 11.8 Å². The minimum atomic E-state index is -4.60. The van der Waals surface area contributed by atoms with Crippen LogP contribution in [0, 0.1) is 35.7 Å². The zero-order valence-electron chi connectivity index (χ0n) is 44.2. The maximum Gasteiger partial charge on any atom is 0.394 e. The summed E-state index contributed by atoms with van der Waals surface area (Å²) in [6.45, 7) is 9.18. The average Bonchev–Trinajstić information content (AvgIpc) is 4.29. The summed E-state index contributed by atoms with van der Waals surface area (Å²) in [5.74, 6) is -6.94. The summed E-state index contributed by atoms with van der Waals surface area (Å²) in [5.41, 5.74) is 2.68. The lowest BCUT2D eigenvalue weighted by atomic mass is 9.85. The first-order chi connectivity index (χ1) is 37.5. The third kappa shape index (κ3) is 11.5. The molecular formula is C56H62F6N10O6S. The molecule has 10 rings (SSSR count). The fourth-order valence-corrected chi connectivity index (χ4v) is 12.3. The molecule has 5 N–H and O–H groups in total. The molecule has 3 aromatic carbocycles. The fraction of sp³-hybridized carbons (Fsp3) is 0.482. The van der Waals surface area contributed by atoms with E-state index in [9.17, 15) is 42.2 Å². The van der Waals surface area contributed by atoms with Crippen molar-refractivity contribution in [2.24, 2.45) is 11.3 Å². The predicted octanol–water partition coefficient (Wildman–Crippen LogP) is 8.12. The lowest BCUT2D eigenvalue weighted by Crippen LogP contribution is -2.63. The Morgan fingerprint density at radius 2 is 1.66 bits per heavy atom. The van der Waals surface area contributed by atoms with E-state index in [-0.39, 0.29) is 89.8 Å². The van der Waals surface area contributed by atoms with Crippen LogP contribution in [0.2, 0.25) is 0 Å². The molecule has 3 aromatic heterocycles. The number of unbranched alkanes of at least 4 members (excludes halogenated alkanes) is 1. The molecule has 79 heavy (non-hydrogen) atoms. The number of likely N-dealkylation sites (tertiary alicyclic amines) is 2. The Labute approximate surface area is 456 Å². The Morgan fingerprint density at radius 1 is 0.924 bits per heavy atom. The van der Waals surface area contributed by atoms with E-state index in [1.54, 1.807) is 31.2 Å². The third-order valence-corrected chi connectivity index (χ3v) is 16.7. The Hall–Kier alpha value is -6.69. The van der Waals surface area contributed by atoms with Gasteiger partial charge in [-0.25, -0.2) is 18.2 Å². The van der Waals surface area contributed by atoms with Crippen molar-refractivity contribution < 1.29 is 55.7 Å². The van der Waals surface area contributed by atoms with Crippen LogP contribution < -0.4 is 25.6 Å². The lowest BCUT2D eigenvalue weighted by molar-refractivity contribution is -0.234. The monoisotopic (exact) mass is 1120 g/mol. The fourth-order valence-electron chi connectivity index (χ4n) is 11.5. The molecule has 420 valence electrons. The Kier molecular flexibility index (Phi) is 15.6. The highest BCUT2D eigenvalue weighted by molar-refractivity contribution is 7.13. The predicted molar refractivity (Wildman–Crippen MR) is 285 cm³/mol. The summed E-state index contributed by atoms with van der Waals surface area (Å²) >= 11 is 1.54. The van der Waals surface area contributed by atoms with Crippen LogP contribution in [-0.2, 0) is 14.4 Å². The van der Waals surface area contributed by atoms with Gasteiger partial charge in [-0.05, 0) is 86.2 Å². The molecular weight excluding hydrogens is 1050 g/mol. The van der Waals surface area contributed by atoms with Gasteiger partial charge < -0.3 is 40.7 Å². The number of carbonyl (C=O) groups excluding carboxylic acids is 3. The normalized spacial score (nSPS) is 22.3. The summed E-state index contributed by atoms with van der Waals surface area (Å²) in [6, 6.07) is 8.19. The second-order valence-corrected chi connectivity index (χ2v) is 23.2. The van der Waals surface area contributed by atoms with Crippen LogP contribution in [0.1, 0.15) is 83.5 Å². The van der Waals surface area contributed by atoms with Crippen molar-refractivity contribution in [3.05, 3.63) is 88.9 Å². The number of nitrogens with one attached hydrogen (secondary N) is 3. The van der Waals surface area contributed by atoms with Crippen molar-refractivity contribution in [1.29, 1.82) is 0 Å². The van der Waals surface area contributed by atoms with Crippen molar-refractivity contribution in [3.63, 3.8) is 0 Å². The third-order valence-electron chi connectivity index (χ3n) is 15.7. The van der Waals surface area contributed by atoms with Gasteiger partial charge in [-0.1, -0.05) is 51.1 Å². The molecule has 3 amide bonds. The maximum atomic E-state index is 17.0. The number of aromatic nitrogens is 4. The number of alkyl halides is 3. The summed E-state index contributed by atoms with van der Waals surface area (Å²) in [6.07, 6.45) is -2.02. The quantitative estimate of drug-likeness (QED) is 0.0461. The molecule has 7 heterocycles. The number of carbonyl (C=O) groups is 3. The van der Waals surface area contributed by atoms with Gasteiger partial charge in [0.2, 0.25) is 17.7 Å². The van der Waals surface area contributed by atoms with E-state index in [4.69, 9.17) is 4.74 Å². The Balaban J connectivity index is 0.795. The number of fused-ring (bicyclic) bond motifs is 4. The topological polar surface area (TPSA) is 198 Å². The molecule has 0 aliphatic carbocycles. The van der Waals surface area contributed by atoms with Gasteiger partial charge in [-0.3, -0.25) is 24.3 Å². The molecule has 0 radical (unpaired) electrons. The van der Waals surface area contributed by atoms with E-state index >= 15 is 8.78 Å². The molecule has 4 fully saturated rings. The number of amides is 3. The summed E-state index contributed by atoms with van der Waals surface area (Å²) in [7, 11) is 0. The number of ether oxygens (including phenoxy) is 1. The van der Waals surface area contributed by atoms with E-state index < -0.39 is 101 Å². The number of halogens is 6. The number of aryl methyl sites for hydroxylation is 1. The number of hydrogen-bond acceptors (Lipinski definition) is 14. The zero-order chi connectivity index (χ0) is 56.2. The van der Waals surface area contributed by atoms with Crippen LogP contribution in [0.15, 0.2) is 60.2 Å². The van der Waals surface area contributed by atoms with Crippen LogP contribution >= 0.6 is 11.3 Å². The molecule has 4 aliphatic rings. The van der Waals surface area contributed by atoms with Gasteiger partial charge in [0, 0.05) is 68.3 Å². The summed E-state index contributed by atoms with van der Waals surface area (Å²) in [5, 5.41) is 30.5. The number of nitrogens with zero attached hydrogens (tertiary/aromatic N) is 7. The van der Waals surface area contributed by atoms with E-state index in [0.717, 1.165) is 46.7 Å². The number of piperazine rings is 1. The summed E-state index contributed by atoms with van der Waals surface area (Å²) in [4.78, 5) is 65.1. The molecule has 0 spiro atoms. The van der Waals surface area contributed by atoms with Crippen molar-refractivity contribution in [2.45, 2.75) is 122 Å². The number of anilines is 1. The largest absolute Gasteiger partial charge is 0.508 e. The molecule has 23 heteroatoms. The minimum absolute atomic E-state index is 0.00777. The highest BCUT2D eigenvalue weighted by Crippen LogP contribution is 2.42. The van der Waals surface area contributed by atoms with Gasteiger partial charge in [0.05, 0.1) is 45.6 Å². The molecule has 4 saturated heterocycles. The molecule has 6 aromatic rings. The molecule has 2 unspecified atom stereocenters. The number of aromatic hydroxyl groups is 1.